The predicted molar refractivity (Wildman–Crippen MR) is 74.1 cm³/mol. The fourth-order valence-electron chi connectivity index (χ4n) is 1.96. The highest BCUT2D eigenvalue weighted by molar-refractivity contribution is 7.07. The first-order valence-corrected chi connectivity index (χ1v) is 7.04. The van der Waals surface area contributed by atoms with Crippen LogP contribution >= 0.6 is 11.3 Å². The summed E-state index contributed by atoms with van der Waals surface area (Å²) in [6.45, 7) is 8.29. The van der Waals surface area contributed by atoms with E-state index in [2.05, 4.69) is 42.6 Å². The van der Waals surface area contributed by atoms with Crippen molar-refractivity contribution in [1.82, 2.24) is 5.32 Å². The van der Waals surface area contributed by atoms with Crippen molar-refractivity contribution in [1.29, 1.82) is 0 Å². The van der Waals surface area contributed by atoms with Gasteiger partial charge in [-0.3, -0.25) is 0 Å². The van der Waals surface area contributed by atoms with Gasteiger partial charge >= 0.3 is 0 Å². The maximum atomic E-state index is 3.75. The van der Waals surface area contributed by atoms with E-state index < -0.39 is 0 Å². The van der Waals surface area contributed by atoms with E-state index in [1.54, 1.807) is 11.3 Å². The number of rotatable bonds is 8. The Morgan fingerprint density at radius 1 is 1.44 bits per heavy atom. The summed E-state index contributed by atoms with van der Waals surface area (Å²) in [5.41, 5.74) is 1.45. The Morgan fingerprint density at radius 3 is 2.88 bits per heavy atom. The van der Waals surface area contributed by atoms with Gasteiger partial charge in [0, 0.05) is 12.1 Å². The lowest BCUT2D eigenvalue weighted by Crippen LogP contribution is -2.35. The normalized spacial score (nSPS) is 14.6. The Hall–Kier alpha value is -0.600. The summed E-state index contributed by atoms with van der Waals surface area (Å²) in [5, 5.41) is 8.03. The van der Waals surface area contributed by atoms with E-state index in [1.165, 1.54) is 18.4 Å². The molecule has 1 aromatic heterocycles. The van der Waals surface area contributed by atoms with Gasteiger partial charge in [-0.2, -0.15) is 11.3 Å². The molecule has 0 saturated heterocycles. The van der Waals surface area contributed by atoms with Crippen LogP contribution in [0.4, 0.5) is 0 Å². The summed E-state index contributed by atoms with van der Waals surface area (Å²) in [6, 6.07) is 3.38. The molecule has 0 spiro atoms. The van der Waals surface area contributed by atoms with Gasteiger partial charge in [0.15, 0.2) is 0 Å². The van der Waals surface area contributed by atoms with Gasteiger partial charge < -0.3 is 5.32 Å². The molecule has 1 rings (SSSR count). The molecule has 2 atom stereocenters. The van der Waals surface area contributed by atoms with E-state index >= 15 is 0 Å². The Morgan fingerprint density at radius 2 is 2.25 bits per heavy atom. The minimum Gasteiger partial charge on any atom is -0.311 e. The van der Waals surface area contributed by atoms with Crippen LogP contribution in [0, 0.1) is 0 Å². The van der Waals surface area contributed by atoms with Gasteiger partial charge in [0.25, 0.3) is 0 Å². The number of hydrogen-bond donors (Lipinski definition) is 1. The fourth-order valence-corrected chi connectivity index (χ4v) is 2.64. The van der Waals surface area contributed by atoms with Gasteiger partial charge in [-0.1, -0.05) is 6.08 Å². The van der Waals surface area contributed by atoms with E-state index in [9.17, 15) is 0 Å². The van der Waals surface area contributed by atoms with Crippen LogP contribution in [0.25, 0.3) is 0 Å². The molecule has 1 heterocycles. The molecule has 90 valence electrons. The molecular weight excluding hydrogens is 214 g/mol. The van der Waals surface area contributed by atoms with Crippen LogP contribution in [-0.2, 0) is 6.42 Å². The highest BCUT2D eigenvalue weighted by Gasteiger charge is 2.07. The predicted octanol–water partition coefficient (Wildman–Crippen LogP) is 4.01. The van der Waals surface area contributed by atoms with Gasteiger partial charge in [0.2, 0.25) is 0 Å². The molecule has 0 aromatic carbocycles. The summed E-state index contributed by atoms with van der Waals surface area (Å²) >= 11 is 1.78. The van der Waals surface area contributed by atoms with Crippen LogP contribution in [0.5, 0.6) is 0 Å². The van der Waals surface area contributed by atoms with E-state index in [0.717, 1.165) is 12.8 Å². The molecule has 1 aromatic rings. The Bertz CT molecular complexity index is 279. The average Bonchev–Trinajstić information content (AvgIpc) is 2.70. The van der Waals surface area contributed by atoms with Crippen molar-refractivity contribution in [3.63, 3.8) is 0 Å². The van der Waals surface area contributed by atoms with Crippen LogP contribution in [0.2, 0.25) is 0 Å². The smallest absolute Gasteiger partial charge is 0.00819 e. The van der Waals surface area contributed by atoms with Gasteiger partial charge in [-0.05, 0) is 61.9 Å². The Balaban J connectivity index is 2.17. The quantitative estimate of drug-likeness (QED) is 0.532. The summed E-state index contributed by atoms with van der Waals surface area (Å²) in [6.07, 6.45) is 6.74. The summed E-state index contributed by atoms with van der Waals surface area (Å²) in [5.74, 6) is 0. The first-order chi connectivity index (χ1) is 7.72. The topological polar surface area (TPSA) is 12.0 Å². The lowest BCUT2D eigenvalue weighted by atomic mass is 10.1. The Kier molecular flexibility index (Phi) is 6.43. The second-order valence-electron chi connectivity index (χ2n) is 4.52. The minimum atomic E-state index is 0.563. The lowest BCUT2D eigenvalue weighted by Gasteiger charge is -2.19. The van der Waals surface area contributed by atoms with E-state index in [-0.39, 0.29) is 0 Å². The van der Waals surface area contributed by atoms with Crippen LogP contribution in [0.3, 0.4) is 0 Å². The molecule has 1 N–H and O–H groups in total. The third kappa shape index (κ3) is 5.47. The van der Waals surface area contributed by atoms with E-state index in [1.807, 2.05) is 6.08 Å². The molecular formula is C14H23NS. The van der Waals surface area contributed by atoms with Gasteiger partial charge in [-0.15, -0.1) is 6.58 Å². The summed E-state index contributed by atoms with van der Waals surface area (Å²) in [4.78, 5) is 0. The van der Waals surface area contributed by atoms with Crippen LogP contribution in [-0.4, -0.2) is 12.1 Å². The second kappa shape index (κ2) is 7.64. The van der Waals surface area contributed by atoms with Crippen molar-refractivity contribution in [2.75, 3.05) is 0 Å². The molecule has 2 heteroatoms. The molecule has 0 saturated carbocycles. The second-order valence-corrected chi connectivity index (χ2v) is 5.30. The number of unbranched alkanes of at least 4 members (excludes halogenated alkanes) is 1. The largest absolute Gasteiger partial charge is 0.311 e. The van der Waals surface area contributed by atoms with Crippen LogP contribution in [0.15, 0.2) is 29.5 Å². The van der Waals surface area contributed by atoms with Crippen molar-refractivity contribution in [2.24, 2.45) is 0 Å². The maximum absolute atomic E-state index is 3.75. The molecule has 0 aliphatic rings. The number of hydrogen-bond acceptors (Lipinski definition) is 2. The highest BCUT2D eigenvalue weighted by atomic mass is 32.1. The first kappa shape index (κ1) is 13.5. The zero-order valence-corrected chi connectivity index (χ0v) is 11.2. The Labute approximate surface area is 104 Å². The average molecular weight is 237 g/mol. The van der Waals surface area contributed by atoms with Crippen molar-refractivity contribution in [3.05, 3.63) is 35.0 Å². The van der Waals surface area contributed by atoms with Gasteiger partial charge in [0.1, 0.15) is 0 Å². The van der Waals surface area contributed by atoms with Gasteiger partial charge in [-0.25, -0.2) is 0 Å². The fraction of sp³-hybridized carbons (Fsp3) is 0.571. The first-order valence-electron chi connectivity index (χ1n) is 6.10. The zero-order valence-electron chi connectivity index (χ0n) is 10.4. The minimum absolute atomic E-state index is 0.563. The van der Waals surface area contributed by atoms with E-state index in [4.69, 9.17) is 0 Å². The lowest BCUT2D eigenvalue weighted by molar-refractivity contribution is 0.437. The molecule has 2 unspecified atom stereocenters. The van der Waals surface area contributed by atoms with Gasteiger partial charge in [0.05, 0.1) is 0 Å². The SMILES string of the molecule is C=CCCCC(C)NC(C)Cc1ccsc1. The monoisotopic (exact) mass is 237 g/mol. The number of nitrogens with one attached hydrogen (secondary N) is 1. The van der Waals surface area contributed by atoms with Crippen molar-refractivity contribution in [3.8, 4) is 0 Å². The summed E-state index contributed by atoms with van der Waals surface area (Å²) in [7, 11) is 0. The molecule has 0 bridgehead atoms. The molecule has 0 aliphatic heterocycles. The van der Waals surface area contributed by atoms with Crippen molar-refractivity contribution >= 4 is 11.3 Å². The molecule has 1 nitrogen and oxygen atoms in total. The standard InChI is InChI=1S/C14H23NS/c1-4-5-6-7-12(2)15-13(3)10-14-8-9-16-11-14/h4,8-9,11-13,15H,1,5-7,10H2,2-3H3. The highest BCUT2D eigenvalue weighted by Crippen LogP contribution is 2.09. The van der Waals surface area contributed by atoms with Crippen molar-refractivity contribution < 1.29 is 0 Å². The molecule has 0 aliphatic carbocycles. The number of allylic oxidation sites excluding steroid dienone is 1. The van der Waals surface area contributed by atoms with Crippen molar-refractivity contribution in [2.45, 2.75) is 51.6 Å². The molecule has 16 heavy (non-hydrogen) atoms. The molecule has 0 radical (unpaired) electrons. The third-order valence-electron chi connectivity index (χ3n) is 2.74. The van der Waals surface area contributed by atoms with Crippen LogP contribution < -0.4 is 5.32 Å². The maximum Gasteiger partial charge on any atom is 0.00819 e. The zero-order chi connectivity index (χ0) is 11.8. The van der Waals surface area contributed by atoms with Crippen LogP contribution in [0.1, 0.15) is 38.7 Å². The van der Waals surface area contributed by atoms with E-state index in [0.29, 0.717) is 12.1 Å². The third-order valence-corrected chi connectivity index (χ3v) is 3.47. The molecule has 0 fully saturated rings. The molecule has 0 amide bonds. The number of thiophene rings is 1. The summed E-state index contributed by atoms with van der Waals surface area (Å²) < 4.78 is 0.